The number of carboxylic acid groups (broad SMARTS) is 1. The molecule has 12 nitrogen and oxygen atoms in total. The van der Waals surface area contributed by atoms with Crippen molar-refractivity contribution in [1.29, 1.82) is 0 Å². The summed E-state index contributed by atoms with van der Waals surface area (Å²) in [7, 11) is 0. The van der Waals surface area contributed by atoms with Crippen molar-refractivity contribution >= 4 is 63.7 Å². The maximum Gasteiger partial charge on any atom is 0.352 e. The Labute approximate surface area is 217 Å². The van der Waals surface area contributed by atoms with Gasteiger partial charge in [-0.2, -0.15) is 9.36 Å². The van der Waals surface area contributed by atoms with Gasteiger partial charge in [-0.25, -0.2) is 4.79 Å². The van der Waals surface area contributed by atoms with Gasteiger partial charge in [-0.1, -0.05) is 22.8 Å². The van der Waals surface area contributed by atoms with Crippen LogP contribution in [-0.2, 0) is 19.2 Å². The summed E-state index contributed by atoms with van der Waals surface area (Å²) in [5, 5.41) is 18.7. The first-order chi connectivity index (χ1) is 17.4. The molecular formula is C21H19N7O5S3. The maximum absolute atomic E-state index is 12.9. The van der Waals surface area contributed by atoms with E-state index in [0.717, 1.165) is 17.1 Å². The normalized spacial score (nSPS) is 19.1. The number of carboxylic acids is 1. The Bertz CT molecular complexity index is 1300. The van der Waals surface area contributed by atoms with E-state index < -0.39 is 29.2 Å². The van der Waals surface area contributed by atoms with Crippen LogP contribution in [0.2, 0.25) is 0 Å². The quantitative estimate of drug-likeness (QED) is 0.185. The number of aromatic nitrogens is 3. The third kappa shape index (κ3) is 5.45. The molecule has 0 aliphatic carbocycles. The van der Waals surface area contributed by atoms with Crippen LogP contribution >= 0.6 is 35.1 Å². The van der Waals surface area contributed by atoms with Crippen molar-refractivity contribution in [3.05, 3.63) is 47.2 Å². The van der Waals surface area contributed by atoms with E-state index in [1.165, 1.54) is 28.4 Å². The molecule has 0 saturated carbocycles. The molecule has 15 heteroatoms. The van der Waals surface area contributed by atoms with Crippen molar-refractivity contribution in [3.63, 3.8) is 0 Å². The number of nitrogens with zero attached hydrogens (tertiary/aromatic N) is 5. The molecule has 4 heterocycles. The Hall–Kier alpha value is -3.61. The van der Waals surface area contributed by atoms with Gasteiger partial charge in [0.25, 0.3) is 11.8 Å². The summed E-state index contributed by atoms with van der Waals surface area (Å²) in [4.78, 5) is 52.0. The average molecular weight is 546 g/mol. The molecule has 4 rings (SSSR count). The first kappa shape index (κ1) is 25.5. The Balaban J connectivity index is 1.45. The van der Waals surface area contributed by atoms with Gasteiger partial charge in [0.15, 0.2) is 5.13 Å². The van der Waals surface area contributed by atoms with Gasteiger partial charge in [0.1, 0.15) is 23.7 Å². The Morgan fingerprint density at radius 2 is 2.31 bits per heavy atom. The van der Waals surface area contributed by atoms with Gasteiger partial charge >= 0.3 is 5.97 Å². The highest BCUT2D eigenvalue weighted by atomic mass is 32.2. The summed E-state index contributed by atoms with van der Waals surface area (Å²) in [5.41, 5.74) is 6.62. The molecule has 1 fully saturated rings. The molecule has 1 unspecified atom stereocenters. The topological polar surface area (TPSA) is 173 Å². The highest BCUT2D eigenvalue weighted by molar-refractivity contribution is 8.04. The van der Waals surface area contributed by atoms with Gasteiger partial charge in [-0.3, -0.25) is 19.5 Å². The number of β-lactam (4-membered cyclic amide) rings is 1. The third-order valence-corrected chi connectivity index (χ3v) is 7.49. The molecule has 0 aromatic carbocycles. The Kier molecular flexibility index (Phi) is 8.08. The molecular weight excluding hydrogens is 526 g/mol. The molecule has 0 radical (unpaired) electrons. The largest absolute Gasteiger partial charge is 0.477 e. The lowest BCUT2D eigenvalue weighted by atomic mass is 10.0. The second-order valence-corrected chi connectivity index (χ2v) is 9.86. The second kappa shape index (κ2) is 11.4. The fraction of sp³-hybridized carbons (Fsp3) is 0.286. The Morgan fingerprint density at radius 1 is 1.47 bits per heavy atom. The van der Waals surface area contributed by atoms with Crippen LogP contribution in [0.4, 0.5) is 5.13 Å². The Morgan fingerprint density at radius 3 is 2.97 bits per heavy atom. The second-order valence-electron chi connectivity index (χ2n) is 7.19. The molecule has 0 bridgehead atoms. The van der Waals surface area contributed by atoms with Crippen LogP contribution in [0.25, 0.3) is 0 Å². The summed E-state index contributed by atoms with van der Waals surface area (Å²) >= 11 is 3.49. The van der Waals surface area contributed by atoms with Gasteiger partial charge in [0.2, 0.25) is 11.5 Å². The smallest absolute Gasteiger partial charge is 0.352 e. The van der Waals surface area contributed by atoms with Gasteiger partial charge in [-0.05, 0) is 29.9 Å². The van der Waals surface area contributed by atoms with E-state index in [-0.39, 0.29) is 29.0 Å². The lowest BCUT2D eigenvalue weighted by molar-refractivity contribution is -0.150. The standard InChI is InChI=1S/C21H19N7O5S3/c1-2-33-26-13(16-25-21(22)36-27-16)17(29)24-14-18(30)28-15(20(31)32)12(10-35-19(14)28)9-34-7-5-11-4-3-6-23-8-11/h3-4,6,8,14,19H,2,9-10H2,1H3,(H,24,29)(H,31,32)(H2,22,25,27)/t14?,19-/m0/s1. The maximum atomic E-state index is 12.9. The summed E-state index contributed by atoms with van der Waals surface area (Å²) in [6.07, 6.45) is 3.28. The van der Waals surface area contributed by atoms with Crippen molar-refractivity contribution in [2.24, 2.45) is 5.16 Å². The number of hydrogen-bond acceptors (Lipinski definition) is 12. The number of nitrogens with two attached hydrogens (primary N) is 1. The molecule has 2 atom stereocenters. The molecule has 36 heavy (non-hydrogen) atoms. The fourth-order valence-corrected chi connectivity index (χ4v) is 5.89. The molecule has 2 aromatic heterocycles. The van der Waals surface area contributed by atoms with Crippen LogP contribution in [0.15, 0.2) is 41.0 Å². The van der Waals surface area contributed by atoms with Gasteiger partial charge in [-0.15, -0.1) is 11.8 Å². The summed E-state index contributed by atoms with van der Waals surface area (Å²) in [6.45, 7) is 1.89. The van der Waals surface area contributed by atoms with E-state index in [1.807, 2.05) is 6.07 Å². The third-order valence-electron chi connectivity index (χ3n) is 4.87. The van der Waals surface area contributed by atoms with E-state index in [4.69, 9.17) is 10.6 Å². The fourth-order valence-electron chi connectivity index (χ4n) is 3.30. The summed E-state index contributed by atoms with van der Waals surface area (Å²) < 4.78 is 3.97. The number of amides is 2. The first-order valence-electron chi connectivity index (χ1n) is 10.4. The van der Waals surface area contributed by atoms with Crippen molar-refractivity contribution in [2.45, 2.75) is 18.3 Å². The van der Waals surface area contributed by atoms with Crippen LogP contribution in [0.3, 0.4) is 0 Å². The highest BCUT2D eigenvalue weighted by Gasteiger charge is 2.54. The minimum Gasteiger partial charge on any atom is -0.477 e. The number of nitrogens with one attached hydrogen (secondary N) is 1. The number of hydrogen-bond donors (Lipinski definition) is 3. The van der Waals surface area contributed by atoms with Crippen molar-refractivity contribution in [2.75, 3.05) is 23.8 Å². The predicted molar refractivity (Wildman–Crippen MR) is 136 cm³/mol. The molecule has 1 saturated heterocycles. The van der Waals surface area contributed by atoms with Crippen molar-refractivity contribution in [1.82, 2.24) is 24.6 Å². The van der Waals surface area contributed by atoms with Crippen LogP contribution < -0.4 is 11.1 Å². The van der Waals surface area contributed by atoms with Crippen LogP contribution in [0, 0.1) is 11.2 Å². The lowest BCUT2D eigenvalue weighted by Crippen LogP contribution is -2.71. The summed E-state index contributed by atoms with van der Waals surface area (Å²) in [5.74, 6) is 1.13. The van der Waals surface area contributed by atoms with Gasteiger partial charge in [0, 0.05) is 41.0 Å². The van der Waals surface area contributed by atoms with E-state index in [2.05, 4.69) is 36.0 Å². The molecule has 2 aliphatic heterocycles. The lowest BCUT2D eigenvalue weighted by Gasteiger charge is -2.49. The van der Waals surface area contributed by atoms with Gasteiger partial charge < -0.3 is 21.0 Å². The first-order valence-corrected chi connectivity index (χ1v) is 13.2. The molecule has 2 aliphatic rings. The predicted octanol–water partition coefficient (Wildman–Crippen LogP) is 0.737. The minimum atomic E-state index is -1.21. The van der Waals surface area contributed by atoms with Crippen molar-refractivity contribution < 1.29 is 24.3 Å². The molecule has 4 N–H and O–H groups in total. The summed E-state index contributed by atoms with van der Waals surface area (Å²) in [6, 6.07) is 2.65. The van der Waals surface area contributed by atoms with E-state index in [1.54, 1.807) is 25.4 Å². The SMILES string of the molecule is CCON=C(C(=O)NC1C(=O)N2C(C(=O)O)=C(CSC#Cc3cccnc3)CS[C@@H]12)c1nsc(N)n1. The number of rotatable bonds is 8. The molecule has 2 aromatic rings. The number of nitrogen functional groups attached to an aromatic ring is 1. The average Bonchev–Trinajstić information content (AvgIpc) is 3.31. The highest BCUT2D eigenvalue weighted by Crippen LogP contribution is 2.41. The zero-order chi connectivity index (χ0) is 25.7. The van der Waals surface area contributed by atoms with Gasteiger partial charge in [0.05, 0.1) is 0 Å². The zero-order valence-corrected chi connectivity index (χ0v) is 21.2. The number of pyridine rings is 1. The van der Waals surface area contributed by atoms with E-state index >= 15 is 0 Å². The molecule has 186 valence electrons. The number of thioether (sulfide) groups is 2. The number of fused-ring (bicyclic) bond motifs is 1. The number of aliphatic carboxylic acids is 1. The monoisotopic (exact) mass is 545 g/mol. The van der Waals surface area contributed by atoms with Crippen LogP contribution in [0.1, 0.15) is 18.3 Å². The van der Waals surface area contributed by atoms with Crippen molar-refractivity contribution in [3.8, 4) is 11.2 Å². The molecule has 0 spiro atoms. The number of carbonyl (C=O) groups is 3. The number of carbonyl (C=O) groups excluding carboxylic acids is 2. The van der Waals surface area contributed by atoms with Crippen LogP contribution in [0.5, 0.6) is 0 Å². The number of anilines is 1. The van der Waals surface area contributed by atoms with E-state index in [9.17, 15) is 19.5 Å². The zero-order valence-electron chi connectivity index (χ0n) is 18.7. The minimum absolute atomic E-state index is 0.0267. The van der Waals surface area contributed by atoms with Crippen LogP contribution in [-0.4, -0.2) is 77.4 Å². The van der Waals surface area contributed by atoms with E-state index in [0.29, 0.717) is 17.1 Å². The number of oxime groups is 1. The molecule has 2 amide bonds.